The second-order valence-electron chi connectivity index (χ2n) is 10.4. The summed E-state index contributed by atoms with van der Waals surface area (Å²) in [4.78, 5) is 38.4. The highest BCUT2D eigenvalue weighted by molar-refractivity contribution is 7.90. The molecule has 0 saturated heterocycles. The molecule has 3 aromatic rings. The molecule has 3 rings (SSSR count). The maximum atomic E-state index is 15.4. The maximum Gasteiger partial charge on any atom is 0.264 e. The molecule has 0 bridgehead atoms. The quantitative estimate of drug-likeness (QED) is 0.185. The zero-order chi connectivity index (χ0) is 32.3. The van der Waals surface area contributed by atoms with Gasteiger partial charge in [-0.15, -0.1) is 0 Å². The van der Waals surface area contributed by atoms with Gasteiger partial charge < -0.3 is 10.2 Å². The molecule has 0 aliphatic heterocycles. The first-order valence-electron chi connectivity index (χ1n) is 14.3. The number of unbranched alkanes of at least 4 members (excludes halogenated alkanes) is 1. The van der Waals surface area contributed by atoms with Crippen LogP contribution >= 0.6 is 24.2 Å². The Balaban J connectivity index is 1.69. The first kappa shape index (κ1) is 35.1. The first-order chi connectivity index (χ1) is 20.9. The van der Waals surface area contributed by atoms with Crippen molar-refractivity contribution in [1.29, 1.82) is 0 Å². The van der Waals surface area contributed by atoms with Gasteiger partial charge >= 0.3 is 0 Å². The van der Waals surface area contributed by atoms with E-state index in [0.717, 1.165) is 18.9 Å². The third-order valence-electron chi connectivity index (χ3n) is 6.78. The number of carbonyl (C=O) groups is 3. The number of carbonyl (C=O) groups excluding carboxylic acids is 3. The van der Waals surface area contributed by atoms with Crippen molar-refractivity contribution >= 4 is 52.0 Å². The third kappa shape index (κ3) is 10.6. The Morgan fingerprint density at radius 1 is 1.02 bits per heavy atom. The van der Waals surface area contributed by atoms with E-state index in [1.54, 1.807) is 18.2 Å². The monoisotopic (exact) mass is 661 g/mol. The molecular weight excluding hydrogens is 625 g/mol. The van der Waals surface area contributed by atoms with Gasteiger partial charge in [0.15, 0.2) is 0 Å². The minimum atomic E-state index is -4.17. The van der Waals surface area contributed by atoms with Crippen LogP contribution in [0.1, 0.15) is 50.7 Å². The highest BCUT2D eigenvalue weighted by Gasteiger charge is 2.22. The predicted molar refractivity (Wildman–Crippen MR) is 173 cm³/mol. The summed E-state index contributed by atoms with van der Waals surface area (Å²) in [5, 5.41) is 3.35. The van der Waals surface area contributed by atoms with Crippen molar-refractivity contribution in [1.82, 2.24) is 14.9 Å². The van der Waals surface area contributed by atoms with E-state index in [0.29, 0.717) is 24.4 Å². The largest absolute Gasteiger partial charge is 0.355 e. The van der Waals surface area contributed by atoms with Crippen LogP contribution in [0.25, 0.3) is 11.1 Å². The second-order valence-corrected chi connectivity index (χ2v) is 13.2. The van der Waals surface area contributed by atoms with Crippen molar-refractivity contribution in [3.05, 3.63) is 88.7 Å². The Morgan fingerprint density at radius 2 is 1.77 bits per heavy atom. The van der Waals surface area contributed by atoms with E-state index >= 15 is 4.39 Å². The Hall–Kier alpha value is -3.41. The number of hydrogen-bond acceptors (Lipinski definition) is 6. The van der Waals surface area contributed by atoms with Crippen LogP contribution in [0, 0.1) is 5.82 Å². The summed E-state index contributed by atoms with van der Waals surface area (Å²) in [6.45, 7) is 3.42. The van der Waals surface area contributed by atoms with Crippen LogP contribution in [0.15, 0.2) is 71.6 Å². The van der Waals surface area contributed by atoms with Gasteiger partial charge in [-0.1, -0.05) is 67.4 Å². The van der Waals surface area contributed by atoms with Crippen molar-refractivity contribution in [3.63, 3.8) is 0 Å². The summed E-state index contributed by atoms with van der Waals surface area (Å²) in [5.41, 5.74) is 1.73. The number of benzene rings is 3. The molecule has 0 aromatic heterocycles. The molecule has 0 spiro atoms. The fourth-order valence-corrected chi connectivity index (χ4v) is 6.31. The minimum absolute atomic E-state index is 0.0314. The highest BCUT2D eigenvalue weighted by atomic mass is 35.5. The SMILES string of the molecule is CCCCC(=O)N(CCC(=O)NC[C@H](S)Cc1cccc(Cl)c1)Cc1ccc(-c2ccccc2S(=O)(=O)NC(C)=O)cc1F. The van der Waals surface area contributed by atoms with Gasteiger partial charge in [-0.05, 0) is 48.2 Å². The first-order valence-corrected chi connectivity index (χ1v) is 16.7. The molecule has 8 nitrogen and oxygen atoms in total. The van der Waals surface area contributed by atoms with Crippen molar-refractivity contribution in [2.24, 2.45) is 0 Å². The summed E-state index contributed by atoms with van der Waals surface area (Å²) in [6, 6.07) is 17.7. The topological polar surface area (TPSA) is 113 Å². The van der Waals surface area contributed by atoms with E-state index in [1.165, 1.54) is 35.2 Å². The van der Waals surface area contributed by atoms with E-state index in [9.17, 15) is 22.8 Å². The highest BCUT2D eigenvalue weighted by Crippen LogP contribution is 2.29. The van der Waals surface area contributed by atoms with E-state index in [4.69, 9.17) is 11.6 Å². The summed E-state index contributed by atoms with van der Waals surface area (Å²) in [6.07, 6.45) is 2.38. The third-order valence-corrected chi connectivity index (χ3v) is 8.87. The Kier molecular flexibility index (Phi) is 13.2. The van der Waals surface area contributed by atoms with Gasteiger partial charge in [-0.25, -0.2) is 17.5 Å². The number of thiol groups is 1. The molecule has 236 valence electrons. The summed E-state index contributed by atoms with van der Waals surface area (Å²) >= 11 is 10.6. The summed E-state index contributed by atoms with van der Waals surface area (Å²) in [7, 11) is -4.17. The van der Waals surface area contributed by atoms with Gasteiger partial charge in [0.1, 0.15) is 5.82 Å². The van der Waals surface area contributed by atoms with Gasteiger partial charge in [0.25, 0.3) is 10.0 Å². The van der Waals surface area contributed by atoms with Crippen LogP contribution in [0.2, 0.25) is 5.02 Å². The summed E-state index contributed by atoms with van der Waals surface area (Å²) < 4.78 is 42.7. The van der Waals surface area contributed by atoms with E-state index in [1.807, 2.05) is 29.8 Å². The number of sulfonamides is 1. The maximum absolute atomic E-state index is 15.4. The molecule has 0 saturated carbocycles. The smallest absolute Gasteiger partial charge is 0.264 e. The predicted octanol–water partition coefficient (Wildman–Crippen LogP) is 5.54. The van der Waals surface area contributed by atoms with Gasteiger partial charge in [-0.3, -0.25) is 14.4 Å². The number of nitrogens with zero attached hydrogens (tertiary/aromatic N) is 1. The van der Waals surface area contributed by atoms with Crippen molar-refractivity contribution < 1.29 is 27.2 Å². The van der Waals surface area contributed by atoms with Gasteiger partial charge in [0.05, 0.1) is 4.90 Å². The lowest BCUT2D eigenvalue weighted by atomic mass is 10.0. The Morgan fingerprint density at radius 3 is 2.45 bits per heavy atom. The lowest BCUT2D eigenvalue weighted by Crippen LogP contribution is -2.36. The summed E-state index contributed by atoms with van der Waals surface area (Å²) in [5.74, 6) is -1.82. The van der Waals surface area contributed by atoms with Crippen LogP contribution in [0.5, 0.6) is 0 Å². The molecule has 44 heavy (non-hydrogen) atoms. The van der Waals surface area contributed by atoms with Crippen molar-refractivity contribution in [2.75, 3.05) is 13.1 Å². The molecule has 3 aromatic carbocycles. The van der Waals surface area contributed by atoms with Crippen LogP contribution in [0.3, 0.4) is 0 Å². The molecule has 0 aliphatic rings. The Labute approximate surface area is 268 Å². The zero-order valence-electron chi connectivity index (χ0n) is 24.7. The van der Waals surface area contributed by atoms with Gasteiger partial charge in [-0.2, -0.15) is 12.6 Å². The van der Waals surface area contributed by atoms with Crippen molar-refractivity contribution in [3.8, 4) is 11.1 Å². The minimum Gasteiger partial charge on any atom is -0.355 e. The molecule has 0 fully saturated rings. The van der Waals surface area contributed by atoms with Crippen LogP contribution in [-0.2, 0) is 37.4 Å². The lowest BCUT2D eigenvalue weighted by Gasteiger charge is -2.23. The average Bonchev–Trinajstić information content (AvgIpc) is 2.97. The van der Waals surface area contributed by atoms with Gasteiger partial charge in [0.2, 0.25) is 17.7 Å². The number of nitrogens with one attached hydrogen (secondary N) is 2. The second kappa shape index (κ2) is 16.6. The van der Waals surface area contributed by atoms with E-state index in [-0.39, 0.29) is 64.6 Å². The van der Waals surface area contributed by atoms with Crippen LogP contribution in [-0.4, -0.2) is 49.4 Å². The molecule has 0 radical (unpaired) electrons. The Bertz CT molecular complexity index is 1590. The molecule has 0 unspecified atom stereocenters. The molecule has 0 heterocycles. The normalized spacial score (nSPS) is 11.9. The number of halogens is 2. The number of rotatable bonds is 15. The molecule has 12 heteroatoms. The van der Waals surface area contributed by atoms with E-state index in [2.05, 4.69) is 17.9 Å². The van der Waals surface area contributed by atoms with E-state index < -0.39 is 21.7 Å². The molecule has 2 N–H and O–H groups in total. The van der Waals surface area contributed by atoms with Gasteiger partial charge in [0, 0.05) is 60.8 Å². The molecule has 3 amide bonds. The molecule has 0 aliphatic carbocycles. The molecule has 1 atom stereocenters. The average molecular weight is 662 g/mol. The lowest BCUT2D eigenvalue weighted by molar-refractivity contribution is -0.132. The van der Waals surface area contributed by atoms with Crippen LogP contribution in [0.4, 0.5) is 4.39 Å². The number of hydrogen-bond donors (Lipinski definition) is 3. The number of amides is 3. The van der Waals surface area contributed by atoms with Crippen LogP contribution < -0.4 is 10.0 Å². The fourth-order valence-electron chi connectivity index (χ4n) is 4.58. The molecular formula is C32H37ClFN3O5S2. The van der Waals surface area contributed by atoms with Crippen molar-refractivity contribution in [2.45, 2.75) is 62.6 Å². The zero-order valence-corrected chi connectivity index (χ0v) is 27.2. The fraction of sp³-hybridized carbons (Fsp3) is 0.344. The standard InChI is InChI=1S/C32H37ClFN3O5S2/c1-3-4-12-32(40)37(16-15-31(39)35-20-27(43)18-23-8-7-9-26(33)17-23)21-25-14-13-24(19-29(25)34)28-10-5-6-11-30(28)44(41,42)36-22(2)38/h5-11,13-14,17,19,27,43H,3-4,12,15-16,18,20-21H2,1-2H3,(H,35,39)(H,36,38)/t27-/m1/s1.